The Bertz CT molecular complexity index is 1550. The first-order valence-electron chi connectivity index (χ1n) is 15.6. The number of ether oxygens (including phenoxy) is 1. The molecule has 1 fully saturated rings. The highest BCUT2D eigenvalue weighted by molar-refractivity contribution is 5.78. The summed E-state index contributed by atoms with van der Waals surface area (Å²) in [6.45, 7) is 15.2. The number of amides is 1. The molecule has 0 bridgehead atoms. The van der Waals surface area contributed by atoms with Gasteiger partial charge >= 0.3 is 0 Å². The van der Waals surface area contributed by atoms with E-state index in [2.05, 4.69) is 107 Å². The van der Waals surface area contributed by atoms with Crippen molar-refractivity contribution in [2.75, 3.05) is 19.7 Å². The van der Waals surface area contributed by atoms with E-state index in [1.807, 2.05) is 35.2 Å². The van der Waals surface area contributed by atoms with E-state index < -0.39 is 0 Å². The summed E-state index contributed by atoms with van der Waals surface area (Å²) in [4.78, 5) is 17.9. The minimum Gasteiger partial charge on any atom is -0.483 e. The van der Waals surface area contributed by atoms with E-state index in [1.165, 1.54) is 28.8 Å². The Kier molecular flexibility index (Phi) is 9.26. The number of rotatable bonds is 9. The van der Waals surface area contributed by atoms with Crippen LogP contribution in [-0.2, 0) is 22.2 Å². The highest BCUT2D eigenvalue weighted by Crippen LogP contribution is 2.41. The highest BCUT2D eigenvalue weighted by atomic mass is 19.1. The Morgan fingerprint density at radius 3 is 1.95 bits per heavy atom. The van der Waals surface area contributed by atoms with E-state index >= 15 is 0 Å². The van der Waals surface area contributed by atoms with Gasteiger partial charge in [-0.1, -0.05) is 113 Å². The Morgan fingerprint density at radius 2 is 1.34 bits per heavy atom. The van der Waals surface area contributed by atoms with Crippen LogP contribution in [0.15, 0.2) is 103 Å². The van der Waals surface area contributed by atoms with Crippen molar-refractivity contribution in [1.29, 1.82) is 0 Å². The predicted molar refractivity (Wildman–Crippen MR) is 177 cm³/mol. The zero-order chi connectivity index (χ0) is 31.5. The first kappa shape index (κ1) is 31.5. The summed E-state index contributed by atoms with van der Waals surface area (Å²) >= 11 is 0. The molecule has 0 radical (unpaired) electrons. The Labute approximate surface area is 262 Å². The lowest BCUT2D eigenvalue weighted by Gasteiger charge is -2.44. The zero-order valence-corrected chi connectivity index (χ0v) is 26.9. The van der Waals surface area contributed by atoms with Crippen molar-refractivity contribution in [3.63, 3.8) is 0 Å². The van der Waals surface area contributed by atoms with Gasteiger partial charge in [-0.2, -0.15) is 0 Å². The van der Waals surface area contributed by atoms with E-state index in [0.717, 1.165) is 30.0 Å². The van der Waals surface area contributed by atoms with Crippen LogP contribution in [0.1, 0.15) is 69.4 Å². The van der Waals surface area contributed by atoms with Crippen LogP contribution in [0.4, 0.5) is 4.39 Å². The first-order chi connectivity index (χ1) is 21.0. The molecule has 4 aromatic carbocycles. The maximum Gasteiger partial charge on any atom is 0.260 e. The van der Waals surface area contributed by atoms with Crippen molar-refractivity contribution >= 4 is 5.91 Å². The number of halogens is 1. The molecule has 5 heteroatoms. The highest BCUT2D eigenvalue weighted by Gasteiger charge is 2.34. The average molecular weight is 593 g/mol. The second-order valence-corrected chi connectivity index (χ2v) is 13.3. The molecule has 4 nitrogen and oxygen atoms in total. The van der Waals surface area contributed by atoms with Gasteiger partial charge in [-0.25, -0.2) is 4.39 Å². The monoisotopic (exact) mass is 592 g/mol. The lowest BCUT2D eigenvalue weighted by molar-refractivity contribution is -0.139. The van der Waals surface area contributed by atoms with Crippen LogP contribution in [0, 0.1) is 5.82 Å². The summed E-state index contributed by atoms with van der Waals surface area (Å²) in [7, 11) is 0. The van der Waals surface area contributed by atoms with E-state index in [9.17, 15) is 9.18 Å². The van der Waals surface area contributed by atoms with Crippen molar-refractivity contribution in [1.82, 2.24) is 9.80 Å². The van der Waals surface area contributed by atoms with Crippen LogP contribution in [0.5, 0.6) is 5.75 Å². The first-order valence-corrected chi connectivity index (χ1v) is 15.6. The SMILES string of the molecule is C[C@@H]1CN(Cc2ccc(F)cc2)[C@@H](C)CN1C(=O)COc1ccc(C(C)(C)c2ccccc2)cc1C(C)(C)c1ccccc1. The lowest BCUT2D eigenvalue weighted by Crippen LogP contribution is -2.58. The number of carbonyl (C=O) groups is 1. The summed E-state index contributed by atoms with van der Waals surface area (Å²) in [5.41, 5.74) is 5.19. The van der Waals surface area contributed by atoms with Crippen LogP contribution in [0.25, 0.3) is 0 Å². The third-order valence-electron chi connectivity index (χ3n) is 9.45. The molecule has 1 saturated heterocycles. The van der Waals surface area contributed by atoms with Crippen LogP contribution in [0.2, 0.25) is 0 Å². The predicted octanol–water partition coefficient (Wildman–Crippen LogP) is 7.98. The molecule has 230 valence electrons. The van der Waals surface area contributed by atoms with E-state index in [1.54, 1.807) is 0 Å². The molecule has 0 spiro atoms. The molecule has 0 saturated carbocycles. The summed E-state index contributed by atoms with van der Waals surface area (Å²) in [5.74, 6) is 0.494. The largest absolute Gasteiger partial charge is 0.483 e. The Balaban J connectivity index is 1.36. The molecular weight excluding hydrogens is 547 g/mol. The Hall–Kier alpha value is -3.96. The van der Waals surface area contributed by atoms with Gasteiger partial charge in [0, 0.05) is 48.1 Å². The smallest absolute Gasteiger partial charge is 0.260 e. The van der Waals surface area contributed by atoms with Gasteiger partial charge in [-0.15, -0.1) is 0 Å². The summed E-state index contributed by atoms with van der Waals surface area (Å²) in [6, 6.07) is 34.4. The maximum absolute atomic E-state index is 13.6. The minimum atomic E-state index is -0.351. The van der Waals surface area contributed by atoms with Gasteiger partial charge in [0.15, 0.2) is 6.61 Å². The topological polar surface area (TPSA) is 32.8 Å². The van der Waals surface area contributed by atoms with Gasteiger partial charge < -0.3 is 9.64 Å². The van der Waals surface area contributed by atoms with E-state index in [4.69, 9.17) is 4.74 Å². The molecule has 1 heterocycles. The third kappa shape index (κ3) is 6.73. The minimum absolute atomic E-state index is 0.0112. The van der Waals surface area contributed by atoms with Crippen LogP contribution in [0.3, 0.4) is 0 Å². The van der Waals surface area contributed by atoms with Gasteiger partial charge in [-0.05, 0) is 54.3 Å². The molecule has 0 unspecified atom stereocenters. The van der Waals surface area contributed by atoms with E-state index in [0.29, 0.717) is 6.54 Å². The van der Waals surface area contributed by atoms with Crippen LogP contribution in [-0.4, -0.2) is 47.5 Å². The molecule has 4 aromatic rings. The second kappa shape index (κ2) is 13.0. The van der Waals surface area contributed by atoms with Crippen LogP contribution >= 0.6 is 0 Å². The summed E-state index contributed by atoms with van der Waals surface area (Å²) < 4.78 is 19.8. The number of hydrogen-bond donors (Lipinski definition) is 0. The summed E-state index contributed by atoms with van der Waals surface area (Å²) in [6.07, 6.45) is 0. The quantitative estimate of drug-likeness (QED) is 0.198. The molecule has 1 amide bonds. The van der Waals surface area contributed by atoms with Crippen molar-refractivity contribution in [2.24, 2.45) is 0 Å². The molecule has 5 rings (SSSR count). The maximum atomic E-state index is 13.6. The molecule has 0 aromatic heterocycles. The normalized spacial score (nSPS) is 17.8. The number of carbonyl (C=O) groups excluding carboxylic acids is 1. The number of nitrogens with zero attached hydrogens (tertiary/aromatic N) is 2. The number of benzene rings is 4. The van der Waals surface area contributed by atoms with Gasteiger partial charge in [0.05, 0.1) is 0 Å². The van der Waals surface area contributed by atoms with Crippen molar-refractivity contribution in [2.45, 2.75) is 71.0 Å². The van der Waals surface area contributed by atoms with Gasteiger partial charge in [-0.3, -0.25) is 9.69 Å². The molecule has 1 aliphatic heterocycles. The molecule has 0 N–H and O–H groups in total. The second-order valence-electron chi connectivity index (χ2n) is 13.3. The molecule has 2 atom stereocenters. The fourth-order valence-corrected chi connectivity index (χ4v) is 6.38. The fourth-order valence-electron chi connectivity index (χ4n) is 6.38. The fraction of sp³-hybridized carbons (Fsp3) is 0.359. The molecule has 1 aliphatic rings. The Morgan fingerprint density at radius 1 is 0.750 bits per heavy atom. The van der Waals surface area contributed by atoms with Crippen molar-refractivity contribution < 1.29 is 13.9 Å². The van der Waals surface area contributed by atoms with Crippen molar-refractivity contribution in [3.05, 3.63) is 137 Å². The average Bonchev–Trinajstić information content (AvgIpc) is 3.03. The van der Waals surface area contributed by atoms with Crippen molar-refractivity contribution in [3.8, 4) is 5.75 Å². The third-order valence-corrected chi connectivity index (χ3v) is 9.45. The summed E-state index contributed by atoms with van der Waals surface area (Å²) in [5, 5.41) is 0. The van der Waals surface area contributed by atoms with Gasteiger partial charge in [0.1, 0.15) is 11.6 Å². The lowest BCUT2D eigenvalue weighted by atomic mass is 9.73. The van der Waals surface area contributed by atoms with Gasteiger partial charge in [0.25, 0.3) is 5.91 Å². The van der Waals surface area contributed by atoms with Gasteiger partial charge in [0.2, 0.25) is 0 Å². The number of hydrogen-bond acceptors (Lipinski definition) is 3. The standard InChI is InChI=1S/C39H45FN2O2/c1-28-25-42(29(2)24-41(28)26-30-17-20-34(40)21-18-30)37(43)27-44-36-22-19-33(38(3,4)31-13-9-7-10-14-31)23-35(36)39(5,6)32-15-11-8-12-16-32/h7-23,28-29H,24-27H2,1-6H3/t28-,29+/m0/s1. The molecular formula is C39H45FN2O2. The zero-order valence-electron chi connectivity index (χ0n) is 26.9. The van der Waals surface area contributed by atoms with E-state index in [-0.39, 0.29) is 41.2 Å². The van der Waals surface area contributed by atoms with Crippen LogP contribution < -0.4 is 4.74 Å². The molecule has 44 heavy (non-hydrogen) atoms. The number of piperazine rings is 1. The molecule has 0 aliphatic carbocycles.